The Balaban J connectivity index is 3.54. The summed E-state index contributed by atoms with van der Waals surface area (Å²) >= 11 is 1.36. The first-order valence-corrected chi connectivity index (χ1v) is 8.84. The fraction of sp³-hybridized carbons (Fsp3) is 0.632. The average molecular weight is 339 g/mol. The molecule has 0 spiro atoms. The highest BCUT2D eigenvalue weighted by atomic mass is 32.2. The molecule has 0 aromatic heterocycles. The summed E-state index contributed by atoms with van der Waals surface area (Å²) in [7, 11) is 0. The Morgan fingerprint density at radius 1 is 1.00 bits per heavy atom. The quantitative estimate of drug-likeness (QED) is 0.728. The minimum Gasteiger partial charge on any atom is -0.507 e. The molecule has 0 aliphatic heterocycles. The summed E-state index contributed by atoms with van der Waals surface area (Å²) in [5, 5.41) is 20.3. The van der Waals surface area contributed by atoms with E-state index in [4.69, 9.17) is 0 Å². The molecule has 0 unspecified atom stereocenters. The predicted molar refractivity (Wildman–Crippen MR) is 97.7 cm³/mol. The van der Waals surface area contributed by atoms with E-state index in [0.29, 0.717) is 12.2 Å². The molecule has 0 radical (unpaired) electrons. The van der Waals surface area contributed by atoms with Gasteiger partial charge in [0.1, 0.15) is 10.5 Å². The topological polar surface area (TPSA) is 57.5 Å². The van der Waals surface area contributed by atoms with Crippen LogP contribution in [0.15, 0.2) is 17.0 Å². The molecule has 2 N–H and O–H groups in total. The number of thioether (sulfide) groups is 1. The minimum atomic E-state index is -0.874. The van der Waals surface area contributed by atoms with E-state index >= 15 is 0 Å². The lowest BCUT2D eigenvalue weighted by Crippen LogP contribution is -2.30. The summed E-state index contributed by atoms with van der Waals surface area (Å²) in [6, 6.07) is 3.87. The van der Waals surface area contributed by atoms with Gasteiger partial charge in [0.15, 0.2) is 0 Å². The summed E-state index contributed by atoms with van der Waals surface area (Å²) in [5.41, 5.74) is 1.28. The van der Waals surface area contributed by atoms with Gasteiger partial charge in [0.25, 0.3) is 0 Å². The normalized spacial score (nSPS) is 15.3. The number of hydrogen-bond donors (Lipinski definition) is 2. The van der Waals surface area contributed by atoms with Gasteiger partial charge in [-0.15, -0.1) is 11.8 Å². The van der Waals surface area contributed by atoms with Crippen molar-refractivity contribution in [1.29, 1.82) is 0 Å². The van der Waals surface area contributed by atoms with Crippen LogP contribution in [0.4, 0.5) is 0 Å². The molecular formula is C19H30O3S. The molecule has 1 aromatic rings. The van der Waals surface area contributed by atoms with E-state index in [-0.39, 0.29) is 10.8 Å². The summed E-state index contributed by atoms with van der Waals surface area (Å²) in [6.45, 7) is 16.0. The van der Waals surface area contributed by atoms with Gasteiger partial charge in [-0.05, 0) is 36.3 Å². The van der Waals surface area contributed by atoms with Crippen molar-refractivity contribution >= 4 is 17.7 Å². The van der Waals surface area contributed by atoms with Crippen molar-refractivity contribution in [1.82, 2.24) is 0 Å². The fourth-order valence-corrected chi connectivity index (χ4v) is 3.44. The molecule has 0 amide bonds. The molecule has 0 heterocycles. The van der Waals surface area contributed by atoms with E-state index < -0.39 is 10.7 Å². The van der Waals surface area contributed by atoms with Gasteiger partial charge in [-0.25, -0.2) is 0 Å². The lowest BCUT2D eigenvalue weighted by molar-refractivity contribution is -0.139. The highest BCUT2D eigenvalue weighted by molar-refractivity contribution is 8.01. The zero-order valence-electron chi connectivity index (χ0n) is 15.6. The van der Waals surface area contributed by atoms with E-state index in [1.807, 2.05) is 19.1 Å². The number of hydrogen-bond acceptors (Lipinski definition) is 3. The zero-order valence-corrected chi connectivity index (χ0v) is 16.4. The number of phenolic OH excluding ortho intramolecular Hbond substituents is 1. The number of rotatable bonds is 4. The number of phenols is 1. The highest BCUT2D eigenvalue weighted by Crippen LogP contribution is 2.44. The van der Waals surface area contributed by atoms with Gasteiger partial charge in [-0.2, -0.15) is 0 Å². The van der Waals surface area contributed by atoms with Gasteiger partial charge in [0.05, 0.1) is 0 Å². The first-order valence-electron chi connectivity index (χ1n) is 8.02. The number of carboxylic acids is 1. The van der Waals surface area contributed by atoms with Crippen molar-refractivity contribution in [3.05, 3.63) is 23.3 Å². The molecule has 23 heavy (non-hydrogen) atoms. The van der Waals surface area contributed by atoms with Gasteiger partial charge >= 0.3 is 5.97 Å². The average Bonchev–Trinajstić information content (AvgIpc) is 2.37. The first-order chi connectivity index (χ1) is 10.2. The third-order valence-electron chi connectivity index (χ3n) is 4.17. The third-order valence-corrected chi connectivity index (χ3v) is 5.55. The summed E-state index contributed by atoms with van der Waals surface area (Å²) in [5.74, 6) is -0.490. The van der Waals surface area contributed by atoms with Gasteiger partial charge in [-0.3, -0.25) is 4.79 Å². The maximum atomic E-state index is 11.6. The van der Waals surface area contributed by atoms with Crippen molar-refractivity contribution < 1.29 is 15.0 Å². The van der Waals surface area contributed by atoms with Gasteiger partial charge in [0.2, 0.25) is 0 Å². The molecule has 0 bridgehead atoms. The van der Waals surface area contributed by atoms with E-state index in [0.717, 1.165) is 16.0 Å². The fourth-order valence-electron chi connectivity index (χ4n) is 2.34. The Kier molecular flexibility index (Phi) is 5.52. The predicted octanol–water partition coefficient (Wildman–Crippen LogP) is 5.33. The van der Waals surface area contributed by atoms with E-state index in [1.165, 1.54) is 11.8 Å². The van der Waals surface area contributed by atoms with Crippen LogP contribution in [-0.2, 0) is 15.6 Å². The van der Waals surface area contributed by atoms with E-state index in [2.05, 4.69) is 41.5 Å². The lowest BCUT2D eigenvalue weighted by atomic mass is 9.79. The summed E-state index contributed by atoms with van der Waals surface area (Å²) < 4.78 is -0.874. The van der Waals surface area contributed by atoms with E-state index in [1.54, 1.807) is 6.92 Å². The number of aromatic hydroxyl groups is 1. The molecule has 0 aliphatic carbocycles. The largest absolute Gasteiger partial charge is 0.507 e. The molecule has 0 saturated heterocycles. The van der Waals surface area contributed by atoms with Crippen LogP contribution < -0.4 is 0 Å². The Morgan fingerprint density at radius 2 is 1.39 bits per heavy atom. The number of aliphatic carboxylic acids is 1. The van der Waals surface area contributed by atoms with Crippen LogP contribution in [0.25, 0.3) is 0 Å². The van der Waals surface area contributed by atoms with Crippen molar-refractivity contribution in [3.63, 3.8) is 0 Å². The van der Waals surface area contributed by atoms with Crippen LogP contribution in [0.3, 0.4) is 0 Å². The lowest BCUT2D eigenvalue weighted by Gasteiger charge is -2.30. The second-order valence-corrected chi connectivity index (χ2v) is 9.94. The monoisotopic (exact) mass is 338 g/mol. The smallest absolute Gasteiger partial charge is 0.319 e. The van der Waals surface area contributed by atoms with Crippen molar-refractivity contribution in [2.75, 3.05) is 0 Å². The van der Waals surface area contributed by atoms with Crippen LogP contribution >= 0.6 is 11.8 Å². The molecule has 4 heteroatoms. The van der Waals surface area contributed by atoms with Gasteiger partial charge in [0, 0.05) is 16.0 Å². The van der Waals surface area contributed by atoms with Crippen LogP contribution in [0.2, 0.25) is 0 Å². The second kappa shape index (κ2) is 6.39. The molecule has 0 aliphatic rings. The Labute approximate surface area is 144 Å². The summed E-state index contributed by atoms with van der Waals surface area (Å²) in [4.78, 5) is 12.5. The zero-order chi connectivity index (χ0) is 18.2. The maximum absolute atomic E-state index is 11.6. The standard InChI is InChI=1S/C19H30O3S/c1-9-19(8,16(21)22)23-12-10-13(17(2,3)4)15(20)14(11-12)18(5,6)7/h10-11,20H,9H2,1-8H3,(H,21,22)/t19-/m1/s1. The van der Waals surface area contributed by atoms with Crippen molar-refractivity contribution in [3.8, 4) is 5.75 Å². The van der Waals surface area contributed by atoms with E-state index in [9.17, 15) is 15.0 Å². The van der Waals surface area contributed by atoms with Crippen molar-refractivity contribution in [2.24, 2.45) is 0 Å². The second-order valence-electron chi connectivity index (χ2n) is 8.36. The van der Waals surface area contributed by atoms with Crippen LogP contribution in [0.1, 0.15) is 72.9 Å². The molecule has 1 rings (SSSR count). The number of carboxylic acid groups (broad SMARTS) is 1. The molecule has 1 atom stereocenters. The Hall–Kier alpha value is -1.16. The van der Waals surface area contributed by atoms with Crippen LogP contribution in [-0.4, -0.2) is 20.9 Å². The Morgan fingerprint density at radius 3 is 1.65 bits per heavy atom. The minimum absolute atomic E-state index is 0.216. The van der Waals surface area contributed by atoms with Gasteiger partial charge in [-0.1, -0.05) is 48.5 Å². The van der Waals surface area contributed by atoms with Crippen LogP contribution in [0, 0.1) is 0 Å². The SMILES string of the molecule is CC[C@@](C)(Sc1cc(C(C)(C)C)c(O)c(C(C)(C)C)c1)C(=O)O. The Bertz CT molecular complexity index is 559. The molecule has 1 aromatic carbocycles. The first kappa shape index (κ1) is 19.9. The highest BCUT2D eigenvalue weighted by Gasteiger charge is 2.34. The molecule has 3 nitrogen and oxygen atoms in total. The molecule has 130 valence electrons. The molecule has 0 saturated carbocycles. The maximum Gasteiger partial charge on any atom is 0.319 e. The molecule has 0 fully saturated rings. The van der Waals surface area contributed by atoms with Gasteiger partial charge < -0.3 is 10.2 Å². The van der Waals surface area contributed by atoms with Crippen molar-refractivity contribution in [2.45, 2.75) is 82.3 Å². The number of carbonyl (C=O) groups is 1. The molecular weight excluding hydrogens is 308 g/mol. The number of benzene rings is 1. The van der Waals surface area contributed by atoms with Crippen LogP contribution in [0.5, 0.6) is 5.75 Å². The third kappa shape index (κ3) is 4.43. The summed E-state index contributed by atoms with van der Waals surface area (Å²) in [6.07, 6.45) is 0.531.